The zero-order valence-corrected chi connectivity index (χ0v) is 6.76. The molecule has 0 aromatic rings. The summed E-state index contributed by atoms with van der Waals surface area (Å²) >= 11 is 0. The van der Waals surface area contributed by atoms with Gasteiger partial charge in [-0.05, 0) is 17.8 Å². The van der Waals surface area contributed by atoms with E-state index in [0.29, 0.717) is 5.92 Å². The van der Waals surface area contributed by atoms with Gasteiger partial charge in [-0.15, -0.1) is 0 Å². The maximum Gasteiger partial charge on any atom is 0.0497 e. The SMILES string of the molecule is CC1COCCC1(C)CO. The first-order valence-corrected chi connectivity index (χ1v) is 3.87. The highest BCUT2D eigenvalue weighted by Crippen LogP contribution is 2.33. The van der Waals surface area contributed by atoms with Gasteiger partial charge in [0.1, 0.15) is 0 Å². The van der Waals surface area contributed by atoms with E-state index < -0.39 is 0 Å². The fraction of sp³-hybridized carbons (Fsp3) is 1.00. The lowest BCUT2D eigenvalue weighted by Gasteiger charge is -2.37. The molecule has 1 aliphatic rings. The Kier molecular flexibility index (Phi) is 2.32. The van der Waals surface area contributed by atoms with Crippen molar-refractivity contribution in [2.45, 2.75) is 20.3 Å². The van der Waals surface area contributed by atoms with Crippen LogP contribution in [-0.2, 0) is 4.74 Å². The molecule has 0 aliphatic carbocycles. The van der Waals surface area contributed by atoms with E-state index in [4.69, 9.17) is 9.84 Å². The largest absolute Gasteiger partial charge is 0.396 e. The van der Waals surface area contributed by atoms with Gasteiger partial charge in [0.2, 0.25) is 0 Å². The lowest BCUT2D eigenvalue weighted by atomic mass is 9.75. The number of rotatable bonds is 1. The monoisotopic (exact) mass is 144 g/mol. The Morgan fingerprint density at radius 3 is 2.80 bits per heavy atom. The third-order valence-corrected chi connectivity index (χ3v) is 2.74. The summed E-state index contributed by atoms with van der Waals surface area (Å²) in [6.45, 7) is 6.16. The summed E-state index contributed by atoms with van der Waals surface area (Å²) in [4.78, 5) is 0. The fourth-order valence-corrected chi connectivity index (χ4v) is 1.25. The average molecular weight is 144 g/mol. The van der Waals surface area contributed by atoms with Crippen molar-refractivity contribution in [3.8, 4) is 0 Å². The van der Waals surface area contributed by atoms with E-state index in [0.717, 1.165) is 19.6 Å². The van der Waals surface area contributed by atoms with Gasteiger partial charge < -0.3 is 9.84 Å². The van der Waals surface area contributed by atoms with Crippen LogP contribution in [0.3, 0.4) is 0 Å². The Bertz CT molecular complexity index is 114. The predicted octanol–water partition coefficient (Wildman–Crippen LogP) is 1.04. The van der Waals surface area contributed by atoms with Crippen LogP contribution in [0.2, 0.25) is 0 Å². The molecule has 0 spiro atoms. The minimum Gasteiger partial charge on any atom is -0.396 e. The molecular weight excluding hydrogens is 128 g/mol. The molecule has 1 heterocycles. The Hall–Kier alpha value is -0.0800. The first-order valence-electron chi connectivity index (χ1n) is 3.87. The normalized spacial score (nSPS) is 41.7. The van der Waals surface area contributed by atoms with Crippen molar-refractivity contribution in [1.82, 2.24) is 0 Å². The van der Waals surface area contributed by atoms with Gasteiger partial charge in [0.15, 0.2) is 0 Å². The highest BCUT2D eigenvalue weighted by molar-refractivity contribution is 4.81. The highest BCUT2D eigenvalue weighted by atomic mass is 16.5. The molecule has 2 nitrogen and oxygen atoms in total. The van der Waals surface area contributed by atoms with Crippen molar-refractivity contribution >= 4 is 0 Å². The van der Waals surface area contributed by atoms with Crippen LogP contribution >= 0.6 is 0 Å². The van der Waals surface area contributed by atoms with Gasteiger partial charge in [0.25, 0.3) is 0 Å². The average Bonchev–Trinajstić information content (AvgIpc) is 1.96. The fourth-order valence-electron chi connectivity index (χ4n) is 1.25. The van der Waals surface area contributed by atoms with Crippen molar-refractivity contribution in [1.29, 1.82) is 0 Å². The first-order chi connectivity index (χ1) is 4.69. The molecule has 1 fully saturated rings. The molecule has 0 saturated carbocycles. The van der Waals surface area contributed by atoms with Gasteiger partial charge in [-0.25, -0.2) is 0 Å². The minimum atomic E-state index is 0.109. The number of hydrogen-bond donors (Lipinski definition) is 1. The Morgan fingerprint density at radius 2 is 2.40 bits per heavy atom. The summed E-state index contributed by atoms with van der Waals surface area (Å²) in [6.07, 6.45) is 0.991. The Morgan fingerprint density at radius 1 is 1.70 bits per heavy atom. The summed E-state index contributed by atoms with van der Waals surface area (Å²) in [5, 5.41) is 9.07. The van der Waals surface area contributed by atoms with Crippen LogP contribution in [0.15, 0.2) is 0 Å². The zero-order valence-electron chi connectivity index (χ0n) is 6.76. The molecule has 1 saturated heterocycles. The molecule has 1 rings (SSSR count). The van der Waals surface area contributed by atoms with Gasteiger partial charge in [0.05, 0.1) is 0 Å². The summed E-state index contributed by atoms with van der Waals surface area (Å²) < 4.78 is 5.27. The molecule has 0 radical (unpaired) electrons. The second-order valence-electron chi connectivity index (χ2n) is 3.54. The van der Waals surface area contributed by atoms with Gasteiger partial charge in [-0.3, -0.25) is 0 Å². The van der Waals surface area contributed by atoms with Crippen LogP contribution in [0.5, 0.6) is 0 Å². The smallest absolute Gasteiger partial charge is 0.0497 e. The molecule has 0 bridgehead atoms. The molecule has 1 aliphatic heterocycles. The maximum absolute atomic E-state index is 9.07. The van der Waals surface area contributed by atoms with Gasteiger partial charge >= 0.3 is 0 Å². The Balaban J connectivity index is 2.54. The van der Waals surface area contributed by atoms with Gasteiger partial charge in [-0.1, -0.05) is 13.8 Å². The number of aliphatic hydroxyl groups excluding tert-OH is 1. The molecule has 0 aromatic carbocycles. The topological polar surface area (TPSA) is 29.5 Å². The van der Waals surface area contributed by atoms with E-state index in [1.165, 1.54) is 0 Å². The first kappa shape index (κ1) is 8.02. The molecule has 0 amide bonds. The molecule has 1 N–H and O–H groups in total. The quantitative estimate of drug-likeness (QED) is 0.596. The van der Waals surface area contributed by atoms with Crippen LogP contribution in [-0.4, -0.2) is 24.9 Å². The molecule has 2 heteroatoms. The number of hydrogen-bond acceptors (Lipinski definition) is 2. The number of ether oxygens (including phenoxy) is 1. The van der Waals surface area contributed by atoms with Crippen molar-refractivity contribution < 1.29 is 9.84 Å². The second-order valence-corrected chi connectivity index (χ2v) is 3.54. The second kappa shape index (κ2) is 2.89. The van der Waals surface area contributed by atoms with E-state index in [-0.39, 0.29) is 12.0 Å². The van der Waals surface area contributed by atoms with Crippen LogP contribution in [0.1, 0.15) is 20.3 Å². The predicted molar refractivity (Wildman–Crippen MR) is 39.8 cm³/mol. The standard InChI is InChI=1S/C8H16O2/c1-7-5-10-4-3-8(7,2)6-9/h7,9H,3-6H2,1-2H3. The highest BCUT2D eigenvalue weighted by Gasteiger charge is 2.33. The lowest BCUT2D eigenvalue weighted by molar-refractivity contribution is -0.0507. The zero-order chi connectivity index (χ0) is 7.61. The van der Waals surface area contributed by atoms with Crippen molar-refractivity contribution in [2.75, 3.05) is 19.8 Å². The lowest BCUT2D eigenvalue weighted by Crippen LogP contribution is -2.37. The third-order valence-electron chi connectivity index (χ3n) is 2.74. The molecule has 0 aromatic heterocycles. The summed E-state index contributed by atoms with van der Waals surface area (Å²) in [7, 11) is 0. The molecule has 2 atom stereocenters. The molecule has 2 unspecified atom stereocenters. The van der Waals surface area contributed by atoms with Crippen molar-refractivity contribution in [3.05, 3.63) is 0 Å². The van der Waals surface area contributed by atoms with E-state index in [1.807, 2.05) is 0 Å². The van der Waals surface area contributed by atoms with Gasteiger partial charge in [0, 0.05) is 19.8 Å². The van der Waals surface area contributed by atoms with Crippen LogP contribution < -0.4 is 0 Å². The van der Waals surface area contributed by atoms with Crippen molar-refractivity contribution in [3.63, 3.8) is 0 Å². The summed E-state index contributed by atoms with van der Waals surface area (Å²) in [6, 6.07) is 0. The molecular formula is C8H16O2. The van der Waals surface area contributed by atoms with E-state index in [1.54, 1.807) is 0 Å². The summed E-state index contributed by atoms with van der Waals surface area (Å²) in [5.74, 6) is 0.492. The van der Waals surface area contributed by atoms with E-state index in [9.17, 15) is 0 Å². The van der Waals surface area contributed by atoms with E-state index >= 15 is 0 Å². The molecule has 10 heavy (non-hydrogen) atoms. The van der Waals surface area contributed by atoms with E-state index in [2.05, 4.69) is 13.8 Å². The maximum atomic E-state index is 9.07. The van der Waals surface area contributed by atoms with Gasteiger partial charge in [-0.2, -0.15) is 0 Å². The van der Waals surface area contributed by atoms with Crippen LogP contribution in [0, 0.1) is 11.3 Å². The van der Waals surface area contributed by atoms with Crippen LogP contribution in [0.4, 0.5) is 0 Å². The minimum absolute atomic E-state index is 0.109. The Labute approximate surface area is 62.2 Å². The number of aliphatic hydroxyl groups is 1. The third kappa shape index (κ3) is 1.32. The summed E-state index contributed by atoms with van der Waals surface area (Å²) in [5.41, 5.74) is 0.109. The van der Waals surface area contributed by atoms with Crippen molar-refractivity contribution in [2.24, 2.45) is 11.3 Å². The molecule has 60 valence electrons. The van der Waals surface area contributed by atoms with Crippen LogP contribution in [0.25, 0.3) is 0 Å².